The van der Waals surface area contributed by atoms with E-state index in [0.717, 1.165) is 45.4 Å². The molecule has 0 N–H and O–H groups in total. The average Bonchev–Trinajstić information content (AvgIpc) is 3.35. The summed E-state index contributed by atoms with van der Waals surface area (Å²) in [6.45, 7) is 32.4. The van der Waals surface area contributed by atoms with Crippen LogP contribution in [0.3, 0.4) is 0 Å². The van der Waals surface area contributed by atoms with Crippen LogP contribution in [0.15, 0.2) is 248 Å². The Morgan fingerprint density at radius 2 is 1.03 bits per heavy atom. The zero-order valence-electron chi connectivity index (χ0n) is 40.9. The van der Waals surface area contributed by atoms with E-state index in [2.05, 4.69) is 243 Å². The molecule has 7 rings (SSSR count). The van der Waals surface area contributed by atoms with E-state index in [1.807, 2.05) is 39.0 Å². The van der Waals surface area contributed by atoms with Crippen molar-refractivity contribution in [1.29, 1.82) is 0 Å². The highest BCUT2D eigenvalue weighted by Gasteiger charge is 2.18. The third kappa shape index (κ3) is 12.7. The fraction of sp³-hybridized carbons (Fsp3) is 0.152. The summed E-state index contributed by atoms with van der Waals surface area (Å²) in [5.74, 6) is 0. The average molecular weight is 861 g/mol. The van der Waals surface area contributed by atoms with Gasteiger partial charge in [0.15, 0.2) is 0 Å². The molecule has 0 amide bonds. The van der Waals surface area contributed by atoms with Crippen molar-refractivity contribution in [2.75, 3.05) is 0 Å². The van der Waals surface area contributed by atoms with E-state index in [0.29, 0.717) is 0 Å². The first kappa shape index (κ1) is 49.7. The Morgan fingerprint density at radius 3 is 1.61 bits per heavy atom. The van der Waals surface area contributed by atoms with Gasteiger partial charge >= 0.3 is 0 Å². The van der Waals surface area contributed by atoms with Crippen LogP contribution in [0.1, 0.15) is 68.0 Å². The normalized spacial score (nSPS) is 11.7. The number of rotatable bonds is 13. The third-order valence-corrected chi connectivity index (χ3v) is 12.0. The Bertz CT molecular complexity index is 2890. The third-order valence-electron chi connectivity index (χ3n) is 12.0. The molecule has 7 aromatic carbocycles. The molecule has 0 bridgehead atoms. The molecule has 0 aliphatic rings. The van der Waals surface area contributed by atoms with Crippen molar-refractivity contribution in [3.63, 3.8) is 0 Å². The Labute approximate surface area is 398 Å². The van der Waals surface area contributed by atoms with Gasteiger partial charge in [-0.25, -0.2) is 0 Å². The second-order valence-corrected chi connectivity index (χ2v) is 16.6. The number of benzene rings is 7. The van der Waals surface area contributed by atoms with Crippen molar-refractivity contribution >= 4 is 5.57 Å². The van der Waals surface area contributed by atoms with E-state index in [-0.39, 0.29) is 0 Å². The van der Waals surface area contributed by atoms with E-state index in [9.17, 15) is 0 Å². The lowest BCUT2D eigenvalue weighted by molar-refractivity contribution is 1.16. The first-order valence-corrected chi connectivity index (χ1v) is 23.3. The molecular formula is C66H68. The standard InChI is InChI=1S/C45H46.C19H16.C2H6/c1-10-12-20-32(4)35(7)36(8)39(11-2)45(38-23-14-13-15-24-38)30-31(3)29-44-37(9)42(40-25-18-16-21-33(40)5)27-28-43(44)41-26-19-17-22-34(41)6;1-15-7-5-10-17(13-15)19-12-6-11-18(14-19)16-8-3-2-4-9-16;1-2/h10-28,30H,2-3,7,29H2,1,4-6,8-9H3;2-14H,1H3;1-2H3/b12-10-,32-20+,39-36+,45-30-;;. The molecule has 7 aromatic rings. The van der Waals surface area contributed by atoms with Crippen LogP contribution >= 0.6 is 0 Å². The zero-order chi connectivity index (χ0) is 47.6. The maximum atomic E-state index is 4.65. The van der Waals surface area contributed by atoms with Gasteiger partial charge in [-0.1, -0.05) is 239 Å². The van der Waals surface area contributed by atoms with Gasteiger partial charge in [-0.15, -0.1) is 0 Å². The fourth-order valence-electron chi connectivity index (χ4n) is 8.29. The molecule has 0 atom stereocenters. The second kappa shape index (κ2) is 24.7. The van der Waals surface area contributed by atoms with Crippen molar-refractivity contribution in [3.8, 4) is 44.5 Å². The van der Waals surface area contributed by atoms with Crippen LogP contribution in [-0.4, -0.2) is 0 Å². The summed E-state index contributed by atoms with van der Waals surface area (Å²) >= 11 is 0. The lowest BCUT2D eigenvalue weighted by Crippen LogP contribution is -2.01. The zero-order valence-corrected chi connectivity index (χ0v) is 40.9. The van der Waals surface area contributed by atoms with Crippen LogP contribution < -0.4 is 0 Å². The molecule has 332 valence electrons. The van der Waals surface area contributed by atoms with Gasteiger partial charge in [0.25, 0.3) is 0 Å². The molecule has 0 aliphatic heterocycles. The molecule has 0 fully saturated rings. The highest BCUT2D eigenvalue weighted by molar-refractivity contribution is 5.86. The van der Waals surface area contributed by atoms with Crippen LogP contribution in [0.4, 0.5) is 0 Å². The molecule has 0 saturated heterocycles. The van der Waals surface area contributed by atoms with Crippen LogP contribution in [0.5, 0.6) is 0 Å². The predicted molar refractivity (Wildman–Crippen MR) is 293 cm³/mol. The first-order valence-electron chi connectivity index (χ1n) is 23.3. The quantitative estimate of drug-likeness (QED) is 0.101. The van der Waals surface area contributed by atoms with E-state index < -0.39 is 0 Å². The van der Waals surface area contributed by atoms with Crippen molar-refractivity contribution in [2.24, 2.45) is 0 Å². The lowest BCUT2D eigenvalue weighted by atomic mass is 9.84. The minimum absolute atomic E-state index is 0.718. The van der Waals surface area contributed by atoms with Crippen molar-refractivity contribution in [1.82, 2.24) is 0 Å². The van der Waals surface area contributed by atoms with Crippen molar-refractivity contribution in [2.45, 2.75) is 68.7 Å². The Morgan fingerprint density at radius 1 is 0.530 bits per heavy atom. The second-order valence-electron chi connectivity index (χ2n) is 16.6. The number of allylic oxidation sites excluding steroid dienone is 11. The SMILES string of the molecule is C=CC(/C(=C\C(=C)Cc1c(-c2ccccc2C)ccc(-c2ccccc2C)c1C)c1ccccc1)=C(/C)C(=C)/C(C)=C/C=C\C.CC.Cc1cccc(-c2cccc(-c3ccccc3)c2)c1. The largest absolute Gasteiger partial charge is 0.0984 e. The molecule has 0 aliphatic carbocycles. The summed E-state index contributed by atoms with van der Waals surface area (Å²) in [5.41, 5.74) is 24.1. The predicted octanol–water partition coefficient (Wildman–Crippen LogP) is 19.1. The first-order chi connectivity index (χ1) is 32.0. The van der Waals surface area contributed by atoms with Gasteiger partial charge in [0, 0.05) is 0 Å². The van der Waals surface area contributed by atoms with E-state index in [1.54, 1.807) is 0 Å². The van der Waals surface area contributed by atoms with E-state index in [1.165, 1.54) is 72.3 Å². The molecule has 0 nitrogen and oxygen atoms in total. The summed E-state index contributed by atoms with van der Waals surface area (Å²) < 4.78 is 0. The van der Waals surface area contributed by atoms with Gasteiger partial charge in [0.2, 0.25) is 0 Å². The van der Waals surface area contributed by atoms with Gasteiger partial charge in [-0.3, -0.25) is 0 Å². The summed E-state index contributed by atoms with van der Waals surface area (Å²) in [5, 5.41) is 0. The van der Waals surface area contributed by atoms with Gasteiger partial charge in [-0.2, -0.15) is 0 Å². The summed E-state index contributed by atoms with van der Waals surface area (Å²) in [6, 6.07) is 60.2. The van der Waals surface area contributed by atoms with Gasteiger partial charge in [-0.05, 0) is 161 Å². The summed E-state index contributed by atoms with van der Waals surface area (Å²) in [4.78, 5) is 0. The molecule has 0 aromatic heterocycles. The minimum atomic E-state index is 0.718. The highest BCUT2D eigenvalue weighted by Crippen LogP contribution is 2.38. The van der Waals surface area contributed by atoms with Crippen molar-refractivity contribution < 1.29 is 0 Å². The maximum Gasteiger partial charge on any atom is -0.00224 e. The van der Waals surface area contributed by atoms with Gasteiger partial charge in [0.1, 0.15) is 0 Å². The van der Waals surface area contributed by atoms with Crippen LogP contribution in [-0.2, 0) is 6.42 Å². The number of aryl methyl sites for hydroxylation is 3. The topological polar surface area (TPSA) is 0 Å². The van der Waals surface area contributed by atoms with Crippen LogP contribution in [0.25, 0.3) is 50.1 Å². The summed E-state index contributed by atoms with van der Waals surface area (Å²) in [7, 11) is 0. The van der Waals surface area contributed by atoms with Crippen LogP contribution in [0.2, 0.25) is 0 Å². The van der Waals surface area contributed by atoms with E-state index >= 15 is 0 Å². The van der Waals surface area contributed by atoms with E-state index in [4.69, 9.17) is 0 Å². The lowest BCUT2D eigenvalue weighted by Gasteiger charge is -2.20. The molecule has 0 saturated carbocycles. The van der Waals surface area contributed by atoms with Crippen molar-refractivity contribution in [3.05, 3.63) is 281 Å². The summed E-state index contributed by atoms with van der Waals surface area (Å²) in [6.07, 6.45) is 11.1. The molecule has 0 heteroatoms. The Kier molecular flexibility index (Phi) is 18.6. The fourth-order valence-corrected chi connectivity index (χ4v) is 8.29. The van der Waals surface area contributed by atoms with Gasteiger partial charge in [0.05, 0.1) is 0 Å². The van der Waals surface area contributed by atoms with Gasteiger partial charge < -0.3 is 0 Å². The molecule has 0 radical (unpaired) electrons. The number of hydrogen-bond donors (Lipinski definition) is 0. The minimum Gasteiger partial charge on any atom is -0.0984 e. The monoisotopic (exact) mass is 861 g/mol. The highest BCUT2D eigenvalue weighted by atomic mass is 14.2. The molecule has 0 spiro atoms. The Hall–Kier alpha value is -7.28. The molecule has 0 heterocycles. The Balaban J connectivity index is 0.000000321. The smallest absolute Gasteiger partial charge is 0.00224 e. The maximum absolute atomic E-state index is 4.65. The molecule has 66 heavy (non-hydrogen) atoms. The number of hydrogen-bond acceptors (Lipinski definition) is 0. The molecular weight excluding hydrogens is 793 g/mol. The molecule has 0 unspecified atom stereocenters. The van der Waals surface area contributed by atoms with Crippen LogP contribution in [0, 0.1) is 27.7 Å².